The Morgan fingerprint density at radius 1 is 1.54 bits per heavy atom. The fourth-order valence-corrected chi connectivity index (χ4v) is 1.17. The van der Waals surface area contributed by atoms with Crippen LogP contribution >= 0.6 is 0 Å². The molecule has 0 saturated heterocycles. The minimum Gasteiger partial charge on any atom is -0.321 e. The number of hydrogen-bond donors (Lipinski definition) is 1. The zero-order valence-corrected chi connectivity index (χ0v) is 8.62. The van der Waals surface area contributed by atoms with E-state index in [2.05, 4.69) is 29.4 Å². The van der Waals surface area contributed by atoms with Gasteiger partial charge in [0.1, 0.15) is 12.2 Å². The van der Waals surface area contributed by atoms with Crippen molar-refractivity contribution in [1.29, 1.82) is 0 Å². The molecule has 0 aliphatic rings. The van der Waals surface area contributed by atoms with Gasteiger partial charge in [0.15, 0.2) is 0 Å². The van der Waals surface area contributed by atoms with Crippen LogP contribution in [0.15, 0.2) is 6.33 Å². The van der Waals surface area contributed by atoms with Crippen LogP contribution in [0.4, 0.5) is 0 Å². The minimum atomic E-state index is 0.569. The molecule has 0 bridgehead atoms. The van der Waals surface area contributed by atoms with Gasteiger partial charge in [-0.05, 0) is 13.0 Å². The largest absolute Gasteiger partial charge is 0.321 e. The Morgan fingerprint density at radius 2 is 2.31 bits per heavy atom. The molecular weight excluding hydrogens is 164 g/mol. The number of rotatable bonds is 5. The van der Waals surface area contributed by atoms with Crippen LogP contribution in [0.25, 0.3) is 0 Å². The minimum absolute atomic E-state index is 0.569. The standard InChI is InChI=1S/C9H18N4/c1-8(2)10-6-4-5-9-12-11-7-13(9)3/h7-8,10H,4-6H2,1-3H3. The zero-order valence-electron chi connectivity index (χ0n) is 8.62. The van der Waals surface area contributed by atoms with E-state index in [1.54, 1.807) is 6.33 Å². The molecule has 0 spiro atoms. The van der Waals surface area contributed by atoms with Gasteiger partial charge in [0.25, 0.3) is 0 Å². The summed E-state index contributed by atoms with van der Waals surface area (Å²) in [7, 11) is 1.98. The van der Waals surface area contributed by atoms with Crippen LogP contribution in [0.2, 0.25) is 0 Å². The van der Waals surface area contributed by atoms with E-state index in [9.17, 15) is 0 Å². The Kier molecular flexibility index (Phi) is 3.89. The lowest BCUT2D eigenvalue weighted by Crippen LogP contribution is -2.24. The highest BCUT2D eigenvalue weighted by Gasteiger charge is 1.99. The van der Waals surface area contributed by atoms with E-state index < -0.39 is 0 Å². The summed E-state index contributed by atoms with van der Waals surface area (Å²) in [5.74, 6) is 1.06. The molecule has 1 rings (SSSR count). The lowest BCUT2D eigenvalue weighted by Gasteiger charge is -2.06. The maximum Gasteiger partial charge on any atom is 0.132 e. The fourth-order valence-electron chi connectivity index (χ4n) is 1.17. The molecule has 74 valence electrons. The van der Waals surface area contributed by atoms with Gasteiger partial charge < -0.3 is 9.88 Å². The van der Waals surface area contributed by atoms with Gasteiger partial charge in [0.2, 0.25) is 0 Å². The molecule has 0 fully saturated rings. The van der Waals surface area contributed by atoms with Gasteiger partial charge in [-0.15, -0.1) is 10.2 Å². The van der Waals surface area contributed by atoms with Gasteiger partial charge in [-0.3, -0.25) is 0 Å². The molecule has 0 saturated carbocycles. The molecule has 4 heteroatoms. The second kappa shape index (κ2) is 4.97. The average Bonchev–Trinajstić information content (AvgIpc) is 2.45. The summed E-state index contributed by atoms with van der Waals surface area (Å²) in [6, 6.07) is 0.569. The van der Waals surface area contributed by atoms with E-state index >= 15 is 0 Å². The Bertz CT molecular complexity index is 242. The third-order valence-corrected chi connectivity index (χ3v) is 1.93. The molecule has 0 unspecified atom stereocenters. The molecule has 0 atom stereocenters. The first-order chi connectivity index (χ1) is 6.20. The summed E-state index contributed by atoms with van der Waals surface area (Å²) in [6.07, 6.45) is 3.85. The van der Waals surface area contributed by atoms with Crippen LogP contribution in [-0.2, 0) is 13.5 Å². The van der Waals surface area contributed by atoms with Crippen LogP contribution in [0, 0.1) is 0 Å². The van der Waals surface area contributed by atoms with Crippen molar-refractivity contribution in [3.05, 3.63) is 12.2 Å². The Morgan fingerprint density at radius 3 is 2.85 bits per heavy atom. The molecule has 0 radical (unpaired) electrons. The first-order valence-electron chi connectivity index (χ1n) is 4.76. The number of aryl methyl sites for hydroxylation is 2. The predicted molar refractivity (Wildman–Crippen MR) is 52.5 cm³/mol. The molecular formula is C9H18N4. The smallest absolute Gasteiger partial charge is 0.132 e. The monoisotopic (exact) mass is 182 g/mol. The summed E-state index contributed by atoms with van der Waals surface area (Å²) in [6.45, 7) is 5.36. The second-order valence-electron chi connectivity index (χ2n) is 3.57. The summed E-state index contributed by atoms with van der Waals surface area (Å²) in [5, 5.41) is 11.2. The normalized spacial score (nSPS) is 11.1. The maximum atomic E-state index is 4.02. The Hall–Kier alpha value is -0.900. The maximum absolute atomic E-state index is 4.02. The highest BCUT2D eigenvalue weighted by Crippen LogP contribution is 1.95. The number of nitrogens with one attached hydrogen (secondary N) is 1. The lowest BCUT2D eigenvalue weighted by molar-refractivity contribution is 0.562. The molecule has 1 aromatic rings. The third-order valence-electron chi connectivity index (χ3n) is 1.93. The van der Waals surface area contributed by atoms with Crippen molar-refractivity contribution in [1.82, 2.24) is 20.1 Å². The van der Waals surface area contributed by atoms with Crippen LogP contribution in [-0.4, -0.2) is 27.4 Å². The van der Waals surface area contributed by atoms with E-state index in [0.717, 1.165) is 25.2 Å². The summed E-state index contributed by atoms with van der Waals surface area (Å²) in [5.41, 5.74) is 0. The first kappa shape index (κ1) is 10.2. The van der Waals surface area contributed by atoms with Crippen LogP contribution < -0.4 is 5.32 Å². The van der Waals surface area contributed by atoms with Crippen molar-refractivity contribution in [2.75, 3.05) is 6.54 Å². The second-order valence-corrected chi connectivity index (χ2v) is 3.57. The predicted octanol–water partition coefficient (Wildman–Crippen LogP) is 0.746. The van der Waals surface area contributed by atoms with Gasteiger partial charge in [-0.25, -0.2) is 0 Å². The number of aromatic nitrogens is 3. The Labute approximate surface area is 79.4 Å². The lowest BCUT2D eigenvalue weighted by atomic mass is 10.3. The quantitative estimate of drug-likeness (QED) is 0.683. The third kappa shape index (κ3) is 3.55. The van der Waals surface area contributed by atoms with E-state index in [1.165, 1.54) is 0 Å². The zero-order chi connectivity index (χ0) is 9.68. The first-order valence-corrected chi connectivity index (χ1v) is 4.76. The Balaban J connectivity index is 2.17. The molecule has 1 N–H and O–H groups in total. The summed E-state index contributed by atoms with van der Waals surface area (Å²) >= 11 is 0. The number of hydrogen-bond acceptors (Lipinski definition) is 3. The molecule has 4 nitrogen and oxygen atoms in total. The highest BCUT2D eigenvalue weighted by molar-refractivity contribution is 4.84. The van der Waals surface area contributed by atoms with Crippen LogP contribution in [0.1, 0.15) is 26.1 Å². The van der Waals surface area contributed by atoms with E-state index in [4.69, 9.17) is 0 Å². The van der Waals surface area contributed by atoms with Gasteiger partial charge in [0.05, 0.1) is 0 Å². The van der Waals surface area contributed by atoms with Gasteiger partial charge in [0, 0.05) is 19.5 Å². The molecule has 0 aliphatic heterocycles. The van der Waals surface area contributed by atoms with Crippen molar-refractivity contribution in [2.24, 2.45) is 7.05 Å². The van der Waals surface area contributed by atoms with Crippen molar-refractivity contribution in [3.8, 4) is 0 Å². The fraction of sp³-hybridized carbons (Fsp3) is 0.778. The number of nitrogens with zero attached hydrogens (tertiary/aromatic N) is 3. The molecule has 0 aromatic carbocycles. The van der Waals surface area contributed by atoms with Gasteiger partial charge in [-0.1, -0.05) is 13.8 Å². The molecule has 0 aliphatic carbocycles. The molecule has 1 aromatic heterocycles. The van der Waals surface area contributed by atoms with Crippen molar-refractivity contribution < 1.29 is 0 Å². The molecule has 0 amide bonds. The SMILES string of the molecule is CC(C)NCCCc1nncn1C. The topological polar surface area (TPSA) is 42.7 Å². The van der Waals surface area contributed by atoms with Gasteiger partial charge >= 0.3 is 0 Å². The highest BCUT2D eigenvalue weighted by atomic mass is 15.2. The molecule has 1 heterocycles. The average molecular weight is 182 g/mol. The summed E-state index contributed by atoms with van der Waals surface area (Å²) in [4.78, 5) is 0. The van der Waals surface area contributed by atoms with Gasteiger partial charge in [-0.2, -0.15) is 0 Å². The van der Waals surface area contributed by atoms with Crippen molar-refractivity contribution in [3.63, 3.8) is 0 Å². The van der Waals surface area contributed by atoms with E-state index in [1.807, 2.05) is 11.6 Å². The van der Waals surface area contributed by atoms with Crippen molar-refractivity contribution >= 4 is 0 Å². The van der Waals surface area contributed by atoms with Crippen molar-refractivity contribution in [2.45, 2.75) is 32.7 Å². The van der Waals surface area contributed by atoms with E-state index in [0.29, 0.717) is 6.04 Å². The van der Waals surface area contributed by atoms with Crippen LogP contribution in [0.5, 0.6) is 0 Å². The summed E-state index contributed by atoms with van der Waals surface area (Å²) < 4.78 is 1.97. The van der Waals surface area contributed by atoms with Crippen LogP contribution in [0.3, 0.4) is 0 Å². The van der Waals surface area contributed by atoms with E-state index in [-0.39, 0.29) is 0 Å². The molecule has 13 heavy (non-hydrogen) atoms.